The molecular formula is C21H15F5N4O3. The number of carbonyl (C=O) groups is 1. The lowest BCUT2D eigenvalue weighted by Crippen LogP contribution is -2.35. The number of benzene rings is 2. The number of aromatic nitrogens is 3. The van der Waals surface area contributed by atoms with Crippen LogP contribution in [0.5, 0.6) is 11.5 Å². The largest absolute Gasteiger partial charge is 0.497 e. The number of halogens is 5. The maximum atomic E-state index is 14.0. The van der Waals surface area contributed by atoms with Crippen molar-refractivity contribution in [1.82, 2.24) is 14.8 Å². The summed E-state index contributed by atoms with van der Waals surface area (Å²) >= 11 is 0. The second kappa shape index (κ2) is 8.52. The minimum atomic E-state index is -4.92. The van der Waals surface area contributed by atoms with E-state index >= 15 is 0 Å². The molecule has 7 nitrogen and oxygen atoms in total. The van der Waals surface area contributed by atoms with Gasteiger partial charge in [-0.3, -0.25) is 4.79 Å². The number of nitrogens with zero attached hydrogens (tertiary/aromatic N) is 3. The third-order valence-electron chi connectivity index (χ3n) is 4.90. The van der Waals surface area contributed by atoms with Crippen molar-refractivity contribution in [3.05, 3.63) is 77.3 Å². The number of Topliss-reactive ketones (excluding diaryl/α,β-unsaturated/α-hetero) is 1. The van der Waals surface area contributed by atoms with Crippen molar-refractivity contribution < 1.29 is 36.2 Å². The van der Waals surface area contributed by atoms with E-state index in [0.29, 0.717) is 11.3 Å². The van der Waals surface area contributed by atoms with E-state index in [0.717, 1.165) is 30.6 Å². The van der Waals surface area contributed by atoms with Gasteiger partial charge in [0.15, 0.2) is 5.78 Å². The van der Waals surface area contributed by atoms with Gasteiger partial charge >= 0.3 is 12.8 Å². The van der Waals surface area contributed by atoms with Gasteiger partial charge in [-0.25, -0.2) is 4.68 Å². The summed E-state index contributed by atoms with van der Waals surface area (Å²) in [6, 6.07) is 9.23. The number of rotatable bonds is 6. The Bertz CT molecular complexity index is 1190. The molecule has 3 aromatic rings. The summed E-state index contributed by atoms with van der Waals surface area (Å²) in [5, 5.41) is 6.15. The molecule has 172 valence electrons. The first-order chi connectivity index (χ1) is 15.7. The number of anilines is 1. The molecule has 1 aliphatic heterocycles. The number of hydrogen-bond donors (Lipinski definition) is 1. The van der Waals surface area contributed by atoms with Gasteiger partial charge in [0, 0.05) is 5.56 Å². The zero-order valence-corrected chi connectivity index (χ0v) is 16.8. The summed E-state index contributed by atoms with van der Waals surface area (Å²) < 4.78 is 77.4. The topological polar surface area (TPSA) is 78.3 Å². The van der Waals surface area contributed by atoms with Gasteiger partial charge < -0.3 is 14.8 Å². The number of allylic oxidation sites excluding steroid dienone is 2. The van der Waals surface area contributed by atoms with Crippen LogP contribution in [-0.4, -0.2) is 40.4 Å². The highest BCUT2D eigenvalue weighted by Crippen LogP contribution is 2.42. The van der Waals surface area contributed by atoms with E-state index in [1.165, 1.54) is 23.9 Å². The number of methoxy groups -OCH3 is 1. The van der Waals surface area contributed by atoms with Crippen molar-refractivity contribution in [2.75, 3.05) is 12.4 Å². The first-order valence-corrected chi connectivity index (χ1v) is 9.40. The van der Waals surface area contributed by atoms with Crippen LogP contribution in [0.4, 0.5) is 27.9 Å². The SMILES string of the molecule is COc1ccc([C@@H]2C(C(=O)c3ccc(OC(F)F)cc3)=C(C(F)(F)F)Nc3ncnn32)cc1. The molecule has 0 fully saturated rings. The predicted octanol–water partition coefficient (Wildman–Crippen LogP) is 4.60. The molecule has 1 N–H and O–H groups in total. The minimum absolute atomic E-state index is 0.155. The summed E-state index contributed by atoms with van der Waals surface area (Å²) in [4.78, 5) is 17.2. The van der Waals surface area contributed by atoms with E-state index in [9.17, 15) is 26.7 Å². The summed E-state index contributed by atoms with van der Waals surface area (Å²) in [6.45, 7) is -3.08. The van der Waals surface area contributed by atoms with Crippen molar-refractivity contribution in [2.24, 2.45) is 0 Å². The fourth-order valence-corrected chi connectivity index (χ4v) is 3.47. The zero-order chi connectivity index (χ0) is 23.8. The van der Waals surface area contributed by atoms with Crippen molar-refractivity contribution in [3.8, 4) is 11.5 Å². The molecule has 1 atom stereocenters. The molecule has 0 aliphatic carbocycles. The first kappa shape index (κ1) is 22.2. The Kier molecular flexibility index (Phi) is 5.75. The average Bonchev–Trinajstić information content (AvgIpc) is 3.25. The van der Waals surface area contributed by atoms with Crippen LogP contribution < -0.4 is 14.8 Å². The zero-order valence-electron chi connectivity index (χ0n) is 16.8. The number of ketones is 1. The Hall–Kier alpha value is -3.96. The number of fused-ring (bicyclic) bond motifs is 1. The molecule has 2 aromatic carbocycles. The highest BCUT2D eigenvalue weighted by Gasteiger charge is 2.46. The van der Waals surface area contributed by atoms with Crippen molar-refractivity contribution in [3.63, 3.8) is 0 Å². The number of alkyl halides is 5. The van der Waals surface area contributed by atoms with Gasteiger partial charge in [0.2, 0.25) is 5.95 Å². The van der Waals surface area contributed by atoms with Crippen LogP contribution in [0.25, 0.3) is 0 Å². The lowest BCUT2D eigenvalue weighted by Gasteiger charge is -2.30. The van der Waals surface area contributed by atoms with Crippen LogP contribution >= 0.6 is 0 Å². The second-order valence-electron chi connectivity index (χ2n) is 6.85. The highest BCUT2D eigenvalue weighted by molar-refractivity contribution is 6.10. The summed E-state index contributed by atoms with van der Waals surface area (Å²) in [6.07, 6.45) is -3.86. The normalized spacial score (nSPS) is 15.8. The Morgan fingerprint density at radius 2 is 1.70 bits per heavy atom. The van der Waals surface area contributed by atoms with Gasteiger partial charge in [-0.1, -0.05) is 12.1 Å². The van der Waals surface area contributed by atoms with Crippen LogP contribution in [0.2, 0.25) is 0 Å². The maximum absolute atomic E-state index is 14.0. The first-order valence-electron chi connectivity index (χ1n) is 9.40. The van der Waals surface area contributed by atoms with Crippen LogP contribution in [0.15, 0.2) is 66.1 Å². The molecule has 4 rings (SSSR count). The van der Waals surface area contributed by atoms with Gasteiger partial charge in [0.05, 0.1) is 12.7 Å². The van der Waals surface area contributed by atoms with Crippen molar-refractivity contribution >= 4 is 11.7 Å². The standard InChI is InChI=1S/C21H15F5N4O3/c1-32-13-6-2-11(3-7-13)16-15(17(31)12-4-8-14(9-5-12)33-19(22)23)18(21(24,25)26)29-20-27-10-28-30(16)20/h2-10,16,19H,1H3,(H,27,28,29)/t16-/m1/s1. The number of nitrogens with one attached hydrogen (secondary N) is 1. The number of carbonyl (C=O) groups excluding carboxylic acids is 1. The Balaban J connectivity index is 1.85. The minimum Gasteiger partial charge on any atom is -0.497 e. The molecule has 0 bridgehead atoms. The van der Waals surface area contributed by atoms with E-state index in [4.69, 9.17) is 4.74 Å². The molecule has 33 heavy (non-hydrogen) atoms. The highest BCUT2D eigenvalue weighted by atomic mass is 19.4. The Labute approximate surface area is 183 Å². The van der Waals surface area contributed by atoms with Gasteiger partial charge in [0.1, 0.15) is 29.6 Å². The molecule has 2 heterocycles. The van der Waals surface area contributed by atoms with Crippen LogP contribution in [0.3, 0.4) is 0 Å². The summed E-state index contributed by atoms with van der Waals surface area (Å²) in [7, 11) is 1.44. The van der Waals surface area contributed by atoms with E-state index in [1.807, 2.05) is 0 Å². The smallest absolute Gasteiger partial charge is 0.431 e. The lowest BCUT2D eigenvalue weighted by atomic mass is 9.89. The molecule has 0 radical (unpaired) electrons. The van der Waals surface area contributed by atoms with Crippen LogP contribution in [0, 0.1) is 0 Å². The maximum Gasteiger partial charge on any atom is 0.431 e. The van der Waals surface area contributed by atoms with Gasteiger partial charge in [-0.2, -0.15) is 32.0 Å². The van der Waals surface area contributed by atoms with E-state index < -0.39 is 35.9 Å². The second-order valence-corrected chi connectivity index (χ2v) is 6.85. The predicted molar refractivity (Wildman–Crippen MR) is 105 cm³/mol. The van der Waals surface area contributed by atoms with Crippen LogP contribution in [-0.2, 0) is 0 Å². The number of ether oxygens (including phenoxy) is 2. The molecule has 0 saturated carbocycles. The molecule has 0 saturated heterocycles. The average molecular weight is 466 g/mol. The fourth-order valence-electron chi connectivity index (χ4n) is 3.47. The molecule has 0 unspecified atom stereocenters. The molecular weight excluding hydrogens is 451 g/mol. The molecule has 1 aliphatic rings. The van der Waals surface area contributed by atoms with E-state index in [1.54, 1.807) is 12.1 Å². The van der Waals surface area contributed by atoms with E-state index in [2.05, 4.69) is 20.1 Å². The van der Waals surface area contributed by atoms with Gasteiger partial charge in [0.25, 0.3) is 0 Å². The third-order valence-corrected chi connectivity index (χ3v) is 4.90. The molecule has 1 aromatic heterocycles. The molecule has 0 spiro atoms. The third kappa shape index (κ3) is 4.36. The van der Waals surface area contributed by atoms with Gasteiger partial charge in [-0.15, -0.1) is 0 Å². The molecule has 12 heteroatoms. The van der Waals surface area contributed by atoms with Crippen molar-refractivity contribution in [1.29, 1.82) is 0 Å². The number of hydrogen-bond acceptors (Lipinski definition) is 6. The monoisotopic (exact) mass is 466 g/mol. The Morgan fingerprint density at radius 1 is 1.06 bits per heavy atom. The molecule has 0 amide bonds. The van der Waals surface area contributed by atoms with Crippen molar-refractivity contribution in [2.45, 2.75) is 18.8 Å². The lowest BCUT2D eigenvalue weighted by molar-refractivity contribution is -0.0918. The van der Waals surface area contributed by atoms with Gasteiger partial charge in [-0.05, 0) is 42.0 Å². The van der Waals surface area contributed by atoms with Crippen LogP contribution in [0.1, 0.15) is 22.0 Å². The Morgan fingerprint density at radius 3 is 2.27 bits per heavy atom. The summed E-state index contributed by atoms with van der Waals surface area (Å²) in [5.74, 6) is -0.937. The summed E-state index contributed by atoms with van der Waals surface area (Å²) in [5.41, 5.74) is -1.75. The quantitative estimate of drug-likeness (QED) is 0.423. The van der Waals surface area contributed by atoms with E-state index in [-0.39, 0.29) is 17.3 Å². The fraction of sp³-hybridized carbons (Fsp3) is 0.190.